The minimum absolute atomic E-state index is 0.0277. The van der Waals surface area contributed by atoms with Crippen LogP contribution in [0, 0.1) is 0 Å². The first-order valence-corrected chi connectivity index (χ1v) is 10.5. The molecule has 0 unspecified atom stereocenters. The van der Waals surface area contributed by atoms with Crippen molar-refractivity contribution in [2.24, 2.45) is 0 Å². The van der Waals surface area contributed by atoms with E-state index in [1.54, 1.807) is 0 Å². The van der Waals surface area contributed by atoms with Gasteiger partial charge < -0.3 is 14.2 Å². The van der Waals surface area contributed by atoms with Gasteiger partial charge in [-0.1, -0.05) is 37.6 Å². The van der Waals surface area contributed by atoms with E-state index < -0.39 is 5.60 Å². The van der Waals surface area contributed by atoms with E-state index in [-0.39, 0.29) is 12.6 Å². The molecule has 0 aliphatic heterocycles. The minimum atomic E-state index is -0.458. The summed E-state index contributed by atoms with van der Waals surface area (Å²) in [4.78, 5) is 11.5. The van der Waals surface area contributed by atoms with Crippen LogP contribution in [0.3, 0.4) is 0 Å². The number of rotatable bonds is 11. The van der Waals surface area contributed by atoms with Crippen molar-refractivity contribution < 1.29 is 19.0 Å². The minimum Gasteiger partial charge on any atom is -0.458 e. The number of carbonyl (C=O) groups is 1. The molecule has 0 bridgehead atoms. The van der Waals surface area contributed by atoms with E-state index in [0.717, 1.165) is 43.6 Å². The highest BCUT2D eigenvalue weighted by atomic mass is 16.6. The summed E-state index contributed by atoms with van der Waals surface area (Å²) in [5.74, 6) is 1.43. The predicted molar refractivity (Wildman–Crippen MR) is 117 cm³/mol. The zero-order valence-electron chi connectivity index (χ0n) is 18.2. The highest BCUT2D eigenvalue weighted by Crippen LogP contribution is 2.23. The quantitative estimate of drug-likeness (QED) is 0.338. The zero-order chi connectivity index (χ0) is 21.1. The van der Waals surface area contributed by atoms with Gasteiger partial charge in [0.1, 0.15) is 23.7 Å². The molecule has 0 aromatic heterocycles. The van der Waals surface area contributed by atoms with E-state index in [1.807, 2.05) is 45.0 Å². The number of hydrogen-bond acceptors (Lipinski definition) is 4. The first-order valence-electron chi connectivity index (χ1n) is 10.5. The standard InChI is InChI=1S/C25H34O4/c1-5-20-11-9-12-23(18-20)28-22-15-13-21(14-16-22)10-7-6-8-17-27-19-24(26)29-25(2,3)4/h9,11-16,18H,5-8,10,17,19H2,1-4H3. The van der Waals surface area contributed by atoms with E-state index >= 15 is 0 Å². The Morgan fingerprint density at radius 2 is 1.66 bits per heavy atom. The van der Waals surface area contributed by atoms with Gasteiger partial charge in [-0.15, -0.1) is 0 Å². The second-order valence-corrected chi connectivity index (χ2v) is 8.20. The van der Waals surface area contributed by atoms with E-state index in [9.17, 15) is 4.79 Å². The van der Waals surface area contributed by atoms with E-state index in [1.165, 1.54) is 11.1 Å². The summed E-state index contributed by atoms with van der Waals surface area (Å²) in [6, 6.07) is 16.5. The third kappa shape index (κ3) is 9.62. The molecule has 0 atom stereocenters. The fourth-order valence-corrected chi connectivity index (χ4v) is 2.93. The predicted octanol–water partition coefficient (Wildman–Crippen LogP) is 6.11. The molecular weight excluding hydrogens is 364 g/mol. The van der Waals surface area contributed by atoms with Crippen LogP contribution in [0.4, 0.5) is 0 Å². The van der Waals surface area contributed by atoms with Crippen molar-refractivity contribution in [1.82, 2.24) is 0 Å². The highest BCUT2D eigenvalue weighted by Gasteiger charge is 2.15. The molecule has 0 fully saturated rings. The summed E-state index contributed by atoms with van der Waals surface area (Å²) < 4.78 is 16.5. The van der Waals surface area contributed by atoms with Gasteiger partial charge in [-0.2, -0.15) is 0 Å². The monoisotopic (exact) mass is 398 g/mol. The molecule has 0 radical (unpaired) electrons. The lowest BCUT2D eigenvalue weighted by Crippen LogP contribution is -2.26. The summed E-state index contributed by atoms with van der Waals surface area (Å²) in [5.41, 5.74) is 2.11. The lowest BCUT2D eigenvalue weighted by Gasteiger charge is -2.19. The Kier molecular flexibility index (Phi) is 9.20. The molecule has 0 saturated carbocycles. The third-order valence-electron chi connectivity index (χ3n) is 4.36. The fourth-order valence-electron chi connectivity index (χ4n) is 2.93. The maximum atomic E-state index is 11.5. The van der Waals surface area contributed by atoms with Gasteiger partial charge in [-0.05, 0) is 81.8 Å². The summed E-state index contributed by atoms with van der Waals surface area (Å²) in [6.45, 7) is 8.32. The van der Waals surface area contributed by atoms with E-state index in [2.05, 4.69) is 31.2 Å². The molecule has 4 heteroatoms. The maximum Gasteiger partial charge on any atom is 0.332 e. The van der Waals surface area contributed by atoms with Crippen LogP contribution >= 0.6 is 0 Å². The first-order chi connectivity index (χ1) is 13.9. The molecule has 2 aromatic rings. The van der Waals surface area contributed by atoms with Crippen molar-refractivity contribution in [1.29, 1.82) is 0 Å². The Balaban J connectivity index is 1.61. The van der Waals surface area contributed by atoms with Crippen molar-refractivity contribution in [2.75, 3.05) is 13.2 Å². The molecule has 2 aromatic carbocycles. The van der Waals surface area contributed by atoms with Gasteiger partial charge in [0.25, 0.3) is 0 Å². The van der Waals surface area contributed by atoms with Crippen LogP contribution in [0.5, 0.6) is 11.5 Å². The van der Waals surface area contributed by atoms with Gasteiger partial charge >= 0.3 is 5.97 Å². The number of carbonyl (C=O) groups excluding carboxylic acids is 1. The fraction of sp³-hybridized carbons (Fsp3) is 0.480. The molecule has 0 saturated heterocycles. The molecule has 0 N–H and O–H groups in total. The van der Waals surface area contributed by atoms with Crippen molar-refractivity contribution in [3.63, 3.8) is 0 Å². The van der Waals surface area contributed by atoms with Crippen LogP contribution in [0.15, 0.2) is 48.5 Å². The van der Waals surface area contributed by atoms with Gasteiger partial charge in [-0.25, -0.2) is 4.79 Å². The van der Waals surface area contributed by atoms with Gasteiger partial charge in [0.05, 0.1) is 0 Å². The first kappa shape index (κ1) is 23.0. The molecule has 2 rings (SSSR count). The number of unbranched alkanes of at least 4 members (excludes halogenated alkanes) is 2. The third-order valence-corrected chi connectivity index (χ3v) is 4.36. The average Bonchev–Trinajstić information content (AvgIpc) is 2.67. The number of aryl methyl sites for hydroxylation is 2. The normalized spacial score (nSPS) is 11.3. The summed E-state index contributed by atoms with van der Waals surface area (Å²) in [7, 11) is 0. The average molecular weight is 399 g/mol. The smallest absolute Gasteiger partial charge is 0.332 e. The maximum absolute atomic E-state index is 11.5. The van der Waals surface area contributed by atoms with Crippen LogP contribution in [0.25, 0.3) is 0 Å². The Morgan fingerprint density at radius 1 is 0.897 bits per heavy atom. The number of hydrogen-bond donors (Lipinski definition) is 0. The van der Waals surface area contributed by atoms with Gasteiger partial charge in [-0.3, -0.25) is 0 Å². The SMILES string of the molecule is CCc1cccc(Oc2ccc(CCCCCOCC(=O)OC(C)(C)C)cc2)c1. The molecule has 0 heterocycles. The summed E-state index contributed by atoms with van der Waals surface area (Å²) >= 11 is 0. The topological polar surface area (TPSA) is 44.8 Å². The molecule has 0 spiro atoms. The van der Waals surface area contributed by atoms with Crippen LogP contribution in [-0.2, 0) is 27.1 Å². The molecule has 0 aliphatic carbocycles. The molecule has 158 valence electrons. The lowest BCUT2D eigenvalue weighted by atomic mass is 10.1. The molecular formula is C25H34O4. The largest absolute Gasteiger partial charge is 0.458 e. The second-order valence-electron chi connectivity index (χ2n) is 8.20. The van der Waals surface area contributed by atoms with Crippen LogP contribution in [-0.4, -0.2) is 24.8 Å². The van der Waals surface area contributed by atoms with Gasteiger partial charge in [0.15, 0.2) is 0 Å². The van der Waals surface area contributed by atoms with E-state index in [4.69, 9.17) is 14.2 Å². The second kappa shape index (κ2) is 11.6. The molecule has 0 amide bonds. The number of ether oxygens (including phenoxy) is 3. The Bertz CT molecular complexity index is 744. The summed E-state index contributed by atoms with van der Waals surface area (Å²) in [6.07, 6.45) is 5.13. The molecule has 4 nitrogen and oxygen atoms in total. The van der Waals surface area contributed by atoms with Crippen LogP contribution in [0.1, 0.15) is 58.1 Å². The van der Waals surface area contributed by atoms with Crippen LogP contribution in [0.2, 0.25) is 0 Å². The van der Waals surface area contributed by atoms with Crippen molar-refractivity contribution in [3.8, 4) is 11.5 Å². The van der Waals surface area contributed by atoms with Crippen molar-refractivity contribution >= 4 is 5.97 Å². The Labute approximate surface area is 175 Å². The van der Waals surface area contributed by atoms with Gasteiger partial charge in [0.2, 0.25) is 0 Å². The number of benzene rings is 2. The van der Waals surface area contributed by atoms with Gasteiger partial charge in [0, 0.05) is 6.61 Å². The van der Waals surface area contributed by atoms with Crippen molar-refractivity contribution in [2.45, 2.75) is 65.4 Å². The summed E-state index contributed by atoms with van der Waals surface area (Å²) in [5, 5.41) is 0. The van der Waals surface area contributed by atoms with Crippen LogP contribution < -0.4 is 4.74 Å². The Hall–Kier alpha value is -2.33. The number of esters is 1. The van der Waals surface area contributed by atoms with Crippen molar-refractivity contribution in [3.05, 3.63) is 59.7 Å². The van der Waals surface area contributed by atoms with E-state index in [0.29, 0.717) is 6.61 Å². The Morgan fingerprint density at radius 3 is 2.34 bits per heavy atom. The molecule has 29 heavy (non-hydrogen) atoms. The lowest BCUT2D eigenvalue weighted by molar-refractivity contribution is -0.160. The highest BCUT2D eigenvalue weighted by molar-refractivity contribution is 5.71. The molecule has 0 aliphatic rings. The zero-order valence-corrected chi connectivity index (χ0v) is 18.2.